The van der Waals surface area contributed by atoms with Crippen LogP contribution in [0.2, 0.25) is 0 Å². The molecule has 112 valence electrons. The van der Waals surface area contributed by atoms with Gasteiger partial charge in [0.15, 0.2) is 0 Å². The number of aryl methyl sites for hydroxylation is 2. The summed E-state index contributed by atoms with van der Waals surface area (Å²) in [6, 6.07) is 6.10. The molecule has 0 unspecified atom stereocenters. The fraction of sp³-hybridized carbons (Fsp3) is 0.500. The molecule has 1 aliphatic rings. The van der Waals surface area contributed by atoms with Gasteiger partial charge in [-0.3, -0.25) is 4.79 Å². The van der Waals surface area contributed by atoms with E-state index in [-0.39, 0.29) is 5.91 Å². The quantitative estimate of drug-likeness (QED) is 0.907. The second-order valence-corrected chi connectivity index (χ2v) is 6.13. The molecule has 1 N–H and O–H groups in total. The lowest BCUT2D eigenvalue weighted by atomic mass is 9.95. The lowest BCUT2D eigenvalue weighted by molar-refractivity contribution is 0.0793. The number of rotatable bonds is 4. The second-order valence-electron chi connectivity index (χ2n) is 6.13. The molecule has 1 heterocycles. The maximum atomic E-state index is 12.5. The number of unbranched alkanes of at least 4 members (excludes halogenated alkanes) is 1. The minimum Gasteiger partial charge on any atom is -0.358 e. The van der Waals surface area contributed by atoms with Crippen LogP contribution < -0.4 is 0 Å². The van der Waals surface area contributed by atoms with Crippen molar-refractivity contribution in [3.05, 3.63) is 35.0 Å². The van der Waals surface area contributed by atoms with Crippen LogP contribution in [0.25, 0.3) is 10.9 Å². The largest absolute Gasteiger partial charge is 0.358 e. The van der Waals surface area contributed by atoms with E-state index in [4.69, 9.17) is 0 Å². The van der Waals surface area contributed by atoms with Crippen molar-refractivity contribution >= 4 is 16.8 Å². The highest BCUT2D eigenvalue weighted by Gasteiger charge is 2.17. The van der Waals surface area contributed by atoms with Crippen LogP contribution in [-0.4, -0.2) is 29.4 Å². The van der Waals surface area contributed by atoms with Crippen LogP contribution in [0.15, 0.2) is 18.2 Å². The molecule has 0 aliphatic heterocycles. The molecule has 0 fully saturated rings. The zero-order valence-corrected chi connectivity index (χ0v) is 13.0. The van der Waals surface area contributed by atoms with E-state index in [9.17, 15) is 4.79 Å². The summed E-state index contributed by atoms with van der Waals surface area (Å²) in [6.45, 7) is 2.98. The van der Waals surface area contributed by atoms with Gasteiger partial charge >= 0.3 is 0 Å². The average molecular weight is 284 g/mol. The third-order valence-corrected chi connectivity index (χ3v) is 4.54. The molecule has 0 radical (unpaired) electrons. The number of hydrogen-bond acceptors (Lipinski definition) is 1. The number of nitrogens with zero attached hydrogens (tertiary/aromatic N) is 1. The fourth-order valence-electron chi connectivity index (χ4n) is 3.26. The summed E-state index contributed by atoms with van der Waals surface area (Å²) in [4.78, 5) is 17.9. The summed E-state index contributed by atoms with van der Waals surface area (Å²) in [6.07, 6.45) is 6.98. The van der Waals surface area contributed by atoms with Crippen LogP contribution >= 0.6 is 0 Å². The number of nitrogens with one attached hydrogen (secondary N) is 1. The molecule has 3 rings (SSSR count). The van der Waals surface area contributed by atoms with Gasteiger partial charge in [0.25, 0.3) is 5.91 Å². The van der Waals surface area contributed by atoms with Crippen molar-refractivity contribution in [3.8, 4) is 0 Å². The number of amides is 1. The normalized spacial score (nSPS) is 14.2. The number of fused-ring (bicyclic) bond motifs is 3. The molecule has 3 heteroatoms. The maximum absolute atomic E-state index is 12.5. The third kappa shape index (κ3) is 2.69. The maximum Gasteiger partial charge on any atom is 0.253 e. The van der Waals surface area contributed by atoms with E-state index in [0.29, 0.717) is 0 Å². The van der Waals surface area contributed by atoms with Crippen LogP contribution in [0.4, 0.5) is 0 Å². The zero-order valence-electron chi connectivity index (χ0n) is 13.0. The molecule has 3 nitrogen and oxygen atoms in total. The number of H-pyrrole nitrogens is 1. The molecule has 0 spiro atoms. The summed E-state index contributed by atoms with van der Waals surface area (Å²) >= 11 is 0. The van der Waals surface area contributed by atoms with Gasteiger partial charge in [0.1, 0.15) is 0 Å². The Morgan fingerprint density at radius 3 is 2.90 bits per heavy atom. The first-order chi connectivity index (χ1) is 10.2. The first-order valence-corrected chi connectivity index (χ1v) is 8.09. The Hall–Kier alpha value is -1.77. The number of carbonyl (C=O) groups is 1. The van der Waals surface area contributed by atoms with E-state index in [0.717, 1.165) is 37.8 Å². The highest BCUT2D eigenvalue weighted by molar-refractivity contribution is 5.99. The van der Waals surface area contributed by atoms with Gasteiger partial charge in [-0.05, 0) is 55.9 Å². The van der Waals surface area contributed by atoms with Crippen molar-refractivity contribution in [3.63, 3.8) is 0 Å². The molecule has 1 aliphatic carbocycles. The van der Waals surface area contributed by atoms with Crippen molar-refractivity contribution in [2.45, 2.75) is 45.4 Å². The lowest BCUT2D eigenvalue weighted by Gasteiger charge is -2.17. The summed E-state index contributed by atoms with van der Waals surface area (Å²) in [5, 5.41) is 1.25. The molecule has 0 atom stereocenters. The number of hydrogen-bond donors (Lipinski definition) is 1. The lowest BCUT2D eigenvalue weighted by Crippen LogP contribution is -2.27. The van der Waals surface area contributed by atoms with E-state index in [1.165, 1.54) is 35.0 Å². The van der Waals surface area contributed by atoms with Gasteiger partial charge in [0, 0.05) is 35.8 Å². The average Bonchev–Trinajstić information content (AvgIpc) is 2.89. The standard InChI is InChI=1S/C18H24N2O/c1-3-4-11-20(2)18(21)13-9-10-17-15(12-13)14-7-5-6-8-16(14)19-17/h9-10,12,19H,3-8,11H2,1-2H3. The highest BCUT2D eigenvalue weighted by atomic mass is 16.2. The van der Waals surface area contributed by atoms with Crippen LogP contribution in [-0.2, 0) is 12.8 Å². The van der Waals surface area contributed by atoms with Gasteiger partial charge in [0.05, 0.1) is 0 Å². The van der Waals surface area contributed by atoms with Crippen molar-refractivity contribution in [2.75, 3.05) is 13.6 Å². The monoisotopic (exact) mass is 284 g/mol. The molecule has 0 saturated carbocycles. The number of benzene rings is 1. The molecule has 2 aromatic rings. The Bertz CT molecular complexity index is 657. The predicted octanol–water partition coefficient (Wildman–Crippen LogP) is 3.92. The van der Waals surface area contributed by atoms with Crippen LogP contribution in [0, 0.1) is 0 Å². The Labute approximate surface area is 126 Å². The smallest absolute Gasteiger partial charge is 0.253 e. The second kappa shape index (κ2) is 5.92. The van der Waals surface area contributed by atoms with Gasteiger partial charge in [0.2, 0.25) is 0 Å². The topological polar surface area (TPSA) is 36.1 Å². The fourth-order valence-corrected chi connectivity index (χ4v) is 3.26. The van der Waals surface area contributed by atoms with Gasteiger partial charge < -0.3 is 9.88 Å². The Balaban J connectivity index is 1.91. The highest BCUT2D eigenvalue weighted by Crippen LogP contribution is 2.29. The van der Waals surface area contributed by atoms with E-state index in [1.807, 2.05) is 18.0 Å². The van der Waals surface area contributed by atoms with E-state index >= 15 is 0 Å². The zero-order chi connectivity index (χ0) is 14.8. The number of carbonyl (C=O) groups excluding carboxylic acids is 1. The van der Waals surface area contributed by atoms with Crippen LogP contribution in [0.5, 0.6) is 0 Å². The molecule has 0 saturated heterocycles. The van der Waals surface area contributed by atoms with Crippen molar-refractivity contribution in [1.82, 2.24) is 9.88 Å². The minimum absolute atomic E-state index is 0.135. The third-order valence-electron chi connectivity index (χ3n) is 4.54. The summed E-state index contributed by atoms with van der Waals surface area (Å²) < 4.78 is 0. The SMILES string of the molecule is CCCCN(C)C(=O)c1ccc2[nH]c3c(c2c1)CCCC3. The van der Waals surface area contributed by atoms with Crippen LogP contribution in [0.1, 0.15) is 54.2 Å². The van der Waals surface area contributed by atoms with E-state index < -0.39 is 0 Å². The van der Waals surface area contributed by atoms with Gasteiger partial charge in [-0.1, -0.05) is 13.3 Å². The van der Waals surface area contributed by atoms with Gasteiger partial charge in [-0.15, -0.1) is 0 Å². The Morgan fingerprint density at radius 1 is 1.29 bits per heavy atom. The van der Waals surface area contributed by atoms with Gasteiger partial charge in [-0.25, -0.2) is 0 Å². The predicted molar refractivity (Wildman–Crippen MR) is 86.8 cm³/mol. The number of aromatic amines is 1. The molecule has 1 aromatic carbocycles. The molecule has 21 heavy (non-hydrogen) atoms. The minimum atomic E-state index is 0.135. The van der Waals surface area contributed by atoms with E-state index in [1.54, 1.807) is 0 Å². The number of aromatic nitrogens is 1. The van der Waals surface area contributed by atoms with Crippen molar-refractivity contribution in [1.29, 1.82) is 0 Å². The molecule has 1 amide bonds. The molecule has 0 bridgehead atoms. The summed E-state index contributed by atoms with van der Waals surface area (Å²) in [5.41, 5.74) is 4.80. The molecular formula is C18H24N2O. The van der Waals surface area contributed by atoms with E-state index in [2.05, 4.69) is 24.0 Å². The first kappa shape index (κ1) is 14.2. The molecular weight excluding hydrogens is 260 g/mol. The summed E-state index contributed by atoms with van der Waals surface area (Å²) in [5.74, 6) is 0.135. The molecule has 1 aromatic heterocycles. The first-order valence-electron chi connectivity index (χ1n) is 8.09. The van der Waals surface area contributed by atoms with Crippen LogP contribution in [0.3, 0.4) is 0 Å². The van der Waals surface area contributed by atoms with Gasteiger partial charge in [-0.2, -0.15) is 0 Å². The summed E-state index contributed by atoms with van der Waals surface area (Å²) in [7, 11) is 1.90. The van der Waals surface area contributed by atoms with Crippen molar-refractivity contribution < 1.29 is 4.79 Å². The van der Waals surface area contributed by atoms with Crippen molar-refractivity contribution in [2.24, 2.45) is 0 Å². The Kier molecular flexibility index (Phi) is 4.00. The Morgan fingerprint density at radius 2 is 2.10 bits per heavy atom.